The summed E-state index contributed by atoms with van der Waals surface area (Å²) in [7, 11) is 5.96. The van der Waals surface area contributed by atoms with Gasteiger partial charge in [0.25, 0.3) is 0 Å². The van der Waals surface area contributed by atoms with Gasteiger partial charge in [-0.15, -0.1) is 0 Å². The van der Waals surface area contributed by atoms with Crippen LogP contribution < -0.4 is 18.9 Å². The molecule has 6 nitrogen and oxygen atoms in total. The standard InChI is InChI=1S/C19H20O6.C2H6/c1-22-12-5-7-14(18(9-12)24-3)16(20)11-17(21)15-8-6-13(23-2)10-19(15)25-4;1-2/h5-10H,11H2,1-4H3;1-2H3. The molecule has 2 rings (SSSR count). The minimum Gasteiger partial charge on any atom is -0.497 e. The van der Waals surface area contributed by atoms with Gasteiger partial charge in [0, 0.05) is 12.1 Å². The number of hydrogen-bond donors (Lipinski definition) is 0. The molecule has 0 spiro atoms. The first kappa shape index (κ1) is 22.0. The number of hydrogen-bond acceptors (Lipinski definition) is 6. The zero-order valence-electron chi connectivity index (χ0n) is 16.6. The summed E-state index contributed by atoms with van der Waals surface area (Å²) in [6.07, 6.45) is -0.300. The van der Waals surface area contributed by atoms with Gasteiger partial charge in [0.15, 0.2) is 11.6 Å². The highest BCUT2D eigenvalue weighted by atomic mass is 16.5. The predicted octanol–water partition coefficient (Wildman–Crippen LogP) is 4.20. The van der Waals surface area contributed by atoms with Crippen LogP contribution in [0.2, 0.25) is 0 Å². The molecule has 0 aliphatic carbocycles. The number of carbonyl (C=O) groups is 2. The number of ether oxygens (including phenoxy) is 4. The number of benzene rings is 2. The molecule has 146 valence electrons. The molecule has 0 bridgehead atoms. The molecule has 0 saturated carbocycles. The molecule has 0 radical (unpaired) electrons. The molecule has 0 saturated heterocycles. The van der Waals surface area contributed by atoms with Gasteiger partial charge in [-0.1, -0.05) is 13.8 Å². The van der Waals surface area contributed by atoms with Gasteiger partial charge < -0.3 is 18.9 Å². The van der Waals surface area contributed by atoms with E-state index in [9.17, 15) is 9.59 Å². The lowest BCUT2D eigenvalue weighted by Gasteiger charge is -2.11. The lowest BCUT2D eigenvalue weighted by Crippen LogP contribution is -2.11. The molecule has 0 amide bonds. The van der Waals surface area contributed by atoms with Crippen LogP contribution in [0.25, 0.3) is 0 Å². The summed E-state index contributed by atoms with van der Waals surface area (Å²) in [5, 5.41) is 0. The maximum absolute atomic E-state index is 12.5. The molecule has 0 aliphatic heterocycles. The van der Waals surface area contributed by atoms with Crippen LogP contribution >= 0.6 is 0 Å². The van der Waals surface area contributed by atoms with Gasteiger partial charge in [0.1, 0.15) is 23.0 Å². The van der Waals surface area contributed by atoms with E-state index in [4.69, 9.17) is 18.9 Å². The number of methoxy groups -OCH3 is 4. The Morgan fingerprint density at radius 1 is 0.667 bits per heavy atom. The van der Waals surface area contributed by atoms with Gasteiger partial charge in [-0.2, -0.15) is 0 Å². The third kappa shape index (κ3) is 5.48. The van der Waals surface area contributed by atoms with Crippen molar-refractivity contribution in [1.82, 2.24) is 0 Å². The average Bonchev–Trinajstić information content (AvgIpc) is 2.73. The highest BCUT2D eigenvalue weighted by Gasteiger charge is 2.20. The molecule has 0 atom stereocenters. The normalized spacial score (nSPS) is 9.56. The third-order valence-corrected chi connectivity index (χ3v) is 3.74. The predicted molar refractivity (Wildman–Crippen MR) is 104 cm³/mol. The Kier molecular flexibility index (Phi) is 8.85. The van der Waals surface area contributed by atoms with E-state index in [0.29, 0.717) is 34.1 Å². The largest absolute Gasteiger partial charge is 0.497 e. The Balaban J connectivity index is 0.00000176. The van der Waals surface area contributed by atoms with Crippen LogP contribution in [0.5, 0.6) is 23.0 Å². The highest BCUT2D eigenvalue weighted by molar-refractivity contribution is 6.15. The van der Waals surface area contributed by atoms with Crippen molar-refractivity contribution in [3.63, 3.8) is 0 Å². The summed E-state index contributed by atoms with van der Waals surface area (Å²) in [6, 6.07) is 9.66. The molecule has 0 unspecified atom stereocenters. The molecule has 0 fully saturated rings. The van der Waals surface area contributed by atoms with Crippen molar-refractivity contribution < 1.29 is 28.5 Å². The number of Topliss-reactive ketones (excluding diaryl/α,β-unsaturated/α-hetero) is 2. The van der Waals surface area contributed by atoms with Gasteiger partial charge in [-0.3, -0.25) is 9.59 Å². The van der Waals surface area contributed by atoms with Crippen molar-refractivity contribution in [2.75, 3.05) is 28.4 Å². The molecule has 2 aromatic rings. The van der Waals surface area contributed by atoms with Crippen molar-refractivity contribution >= 4 is 11.6 Å². The Morgan fingerprint density at radius 2 is 1.04 bits per heavy atom. The van der Waals surface area contributed by atoms with E-state index in [2.05, 4.69) is 0 Å². The maximum atomic E-state index is 12.5. The van der Waals surface area contributed by atoms with Crippen molar-refractivity contribution in [2.24, 2.45) is 0 Å². The van der Waals surface area contributed by atoms with E-state index < -0.39 is 0 Å². The van der Waals surface area contributed by atoms with Crippen LogP contribution in [0.4, 0.5) is 0 Å². The minimum absolute atomic E-state index is 0.300. The molecule has 0 N–H and O–H groups in total. The summed E-state index contributed by atoms with van der Waals surface area (Å²) in [4.78, 5) is 25.0. The van der Waals surface area contributed by atoms with Crippen LogP contribution in [-0.4, -0.2) is 40.0 Å². The number of ketones is 2. The van der Waals surface area contributed by atoms with E-state index in [1.165, 1.54) is 28.4 Å². The molecule has 0 aliphatic rings. The fraction of sp³-hybridized carbons (Fsp3) is 0.333. The van der Waals surface area contributed by atoms with Gasteiger partial charge >= 0.3 is 0 Å². The van der Waals surface area contributed by atoms with E-state index in [1.54, 1.807) is 36.4 Å². The Morgan fingerprint density at radius 3 is 1.33 bits per heavy atom. The van der Waals surface area contributed by atoms with Gasteiger partial charge in [-0.05, 0) is 24.3 Å². The third-order valence-electron chi connectivity index (χ3n) is 3.74. The van der Waals surface area contributed by atoms with Crippen molar-refractivity contribution in [2.45, 2.75) is 20.3 Å². The zero-order chi connectivity index (χ0) is 20.4. The molecular weight excluding hydrogens is 348 g/mol. The number of rotatable bonds is 8. The van der Waals surface area contributed by atoms with Gasteiger partial charge in [0.05, 0.1) is 46.0 Å². The summed E-state index contributed by atoms with van der Waals surface area (Å²) >= 11 is 0. The van der Waals surface area contributed by atoms with Gasteiger partial charge in [-0.25, -0.2) is 0 Å². The molecule has 27 heavy (non-hydrogen) atoms. The van der Waals surface area contributed by atoms with E-state index in [-0.39, 0.29) is 18.0 Å². The first-order chi connectivity index (χ1) is 13.0. The van der Waals surface area contributed by atoms with E-state index in [0.717, 1.165) is 0 Å². The second-order valence-corrected chi connectivity index (χ2v) is 5.16. The van der Waals surface area contributed by atoms with Crippen LogP contribution in [0.1, 0.15) is 41.0 Å². The van der Waals surface area contributed by atoms with Crippen molar-refractivity contribution in [3.05, 3.63) is 47.5 Å². The summed E-state index contributed by atoms with van der Waals surface area (Å²) < 4.78 is 20.7. The average molecular weight is 374 g/mol. The van der Waals surface area contributed by atoms with Crippen molar-refractivity contribution in [3.8, 4) is 23.0 Å². The maximum Gasteiger partial charge on any atom is 0.174 e. The lowest BCUT2D eigenvalue weighted by atomic mass is 10.00. The SMILES string of the molecule is CC.COc1ccc(C(=O)CC(=O)c2ccc(OC)cc2OC)c(OC)c1. The second-order valence-electron chi connectivity index (χ2n) is 5.16. The van der Waals surface area contributed by atoms with Crippen LogP contribution in [-0.2, 0) is 0 Å². The van der Waals surface area contributed by atoms with Crippen LogP contribution in [0.15, 0.2) is 36.4 Å². The second kappa shape index (κ2) is 10.9. The van der Waals surface area contributed by atoms with E-state index >= 15 is 0 Å². The Labute approximate surface area is 160 Å². The monoisotopic (exact) mass is 374 g/mol. The minimum atomic E-state index is -0.345. The fourth-order valence-electron chi connectivity index (χ4n) is 2.39. The highest BCUT2D eigenvalue weighted by Crippen LogP contribution is 2.28. The molecular formula is C21H26O6. The quantitative estimate of drug-likeness (QED) is 0.509. The molecule has 2 aromatic carbocycles. The molecule has 0 heterocycles. The first-order valence-electron chi connectivity index (χ1n) is 8.54. The Bertz CT molecular complexity index is 717. The van der Waals surface area contributed by atoms with Crippen molar-refractivity contribution in [1.29, 1.82) is 0 Å². The zero-order valence-corrected chi connectivity index (χ0v) is 16.6. The Hall–Kier alpha value is -3.02. The molecule has 0 aromatic heterocycles. The molecule has 6 heteroatoms. The topological polar surface area (TPSA) is 71.1 Å². The summed E-state index contributed by atoms with van der Waals surface area (Å²) in [6.45, 7) is 4.00. The summed E-state index contributed by atoms with van der Waals surface area (Å²) in [5.74, 6) is 1.16. The van der Waals surface area contributed by atoms with Gasteiger partial charge in [0.2, 0.25) is 0 Å². The van der Waals surface area contributed by atoms with Crippen LogP contribution in [0.3, 0.4) is 0 Å². The smallest absolute Gasteiger partial charge is 0.174 e. The van der Waals surface area contributed by atoms with Crippen LogP contribution in [0, 0.1) is 0 Å². The fourth-order valence-corrected chi connectivity index (χ4v) is 2.39. The first-order valence-corrected chi connectivity index (χ1v) is 8.54. The van der Waals surface area contributed by atoms with E-state index in [1.807, 2.05) is 13.8 Å². The lowest BCUT2D eigenvalue weighted by molar-refractivity contribution is 0.0891. The summed E-state index contributed by atoms with van der Waals surface area (Å²) in [5.41, 5.74) is 0.647. The number of carbonyl (C=O) groups excluding carboxylic acids is 2.